The minimum Gasteiger partial charge on any atom is -0.388 e. The van der Waals surface area contributed by atoms with E-state index in [2.05, 4.69) is 5.32 Å². The number of carbonyl (C=O) groups excluding carboxylic acids is 1. The Kier molecular flexibility index (Phi) is 4.64. The lowest BCUT2D eigenvalue weighted by molar-refractivity contribution is -0.108. The van der Waals surface area contributed by atoms with Crippen molar-refractivity contribution in [3.8, 4) is 0 Å². The van der Waals surface area contributed by atoms with Crippen molar-refractivity contribution in [3.63, 3.8) is 0 Å². The van der Waals surface area contributed by atoms with Crippen LogP contribution in [0, 0.1) is 0 Å². The molecule has 126 valence electrons. The molecule has 5 heteroatoms. The lowest BCUT2D eigenvalue weighted by atomic mass is 9.78. The molecule has 0 radical (unpaired) electrons. The number of β-amino-alcohol motifs (C(OH)–C–C–N with tert-alkyl or cyclic N) is 1. The maximum absolute atomic E-state index is 12.5. The average molecular weight is 310 g/mol. The van der Waals surface area contributed by atoms with Crippen LogP contribution in [-0.4, -0.2) is 53.0 Å². The Hall–Kier alpha value is -0.810. The SMILES string of the molecule is CC1(O)CCCN(C(=O)NC2CCOC3(CCCCC3)C2)C1. The highest BCUT2D eigenvalue weighted by atomic mass is 16.5. The fourth-order valence-corrected chi connectivity index (χ4v) is 4.35. The number of piperidine rings is 1. The normalized spacial score (nSPS) is 35.4. The highest BCUT2D eigenvalue weighted by molar-refractivity contribution is 5.74. The molecule has 2 aliphatic heterocycles. The Bertz CT molecular complexity index is 399. The number of ether oxygens (including phenoxy) is 1. The van der Waals surface area contributed by atoms with Crippen LogP contribution in [0.2, 0.25) is 0 Å². The van der Waals surface area contributed by atoms with Crippen LogP contribution in [0.1, 0.15) is 64.7 Å². The van der Waals surface area contributed by atoms with Gasteiger partial charge in [-0.15, -0.1) is 0 Å². The molecule has 0 bridgehead atoms. The molecule has 3 aliphatic rings. The van der Waals surface area contributed by atoms with Gasteiger partial charge in [0, 0.05) is 19.2 Å². The number of hydrogen-bond acceptors (Lipinski definition) is 3. The number of carbonyl (C=O) groups is 1. The second kappa shape index (κ2) is 6.36. The third-order valence-corrected chi connectivity index (χ3v) is 5.55. The molecule has 0 aromatic carbocycles. The molecular formula is C17H30N2O3. The zero-order chi connectivity index (χ0) is 15.6. The highest BCUT2D eigenvalue weighted by Gasteiger charge is 2.39. The van der Waals surface area contributed by atoms with Crippen LogP contribution >= 0.6 is 0 Å². The second-order valence-electron chi connectivity index (χ2n) is 7.75. The molecule has 2 unspecified atom stereocenters. The van der Waals surface area contributed by atoms with E-state index in [9.17, 15) is 9.90 Å². The summed E-state index contributed by atoms with van der Waals surface area (Å²) in [5.41, 5.74) is -0.725. The van der Waals surface area contributed by atoms with Crippen LogP contribution in [0.15, 0.2) is 0 Å². The summed E-state index contributed by atoms with van der Waals surface area (Å²) in [5.74, 6) is 0. The smallest absolute Gasteiger partial charge is 0.317 e. The first-order chi connectivity index (χ1) is 10.5. The fourth-order valence-electron chi connectivity index (χ4n) is 4.35. The standard InChI is InChI=1S/C17H30N2O3/c1-16(21)7-5-10-19(13-16)15(20)18-14-6-11-22-17(12-14)8-3-2-4-9-17/h14,21H,2-13H2,1H3,(H,18,20). The number of hydrogen-bond donors (Lipinski definition) is 2. The summed E-state index contributed by atoms with van der Waals surface area (Å²) in [7, 11) is 0. The first-order valence-corrected chi connectivity index (χ1v) is 8.90. The van der Waals surface area contributed by atoms with Gasteiger partial charge in [-0.05, 0) is 45.4 Å². The minimum atomic E-state index is -0.740. The summed E-state index contributed by atoms with van der Waals surface area (Å²) in [4.78, 5) is 14.3. The summed E-state index contributed by atoms with van der Waals surface area (Å²) in [6.07, 6.45) is 9.57. The number of likely N-dealkylation sites (tertiary alicyclic amines) is 1. The summed E-state index contributed by atoms with van der Waals surface area (Å²) in [6.45, 7) is 3.75. The van der Waals surface area contributed by atoms with Crippen LogP contribution in [0.5, 0.6) is 0 Å². The largest absolute Gasteiger partial charge is 0.388 e. The summed E-state index contributed by atoms with van der Waals surface area (Å²) in [5, 5.41) is 13.4. The summed E-state index contributed by atoms with van der Waals surface area (Å²) < 4.78 is 6.09. The Morgan fingerprint density at radius 1 is 1.23 bits per heavy atom. The highest BCUT2D eigenvalue weighted by Crippen LogP contribution is 2.38. The zero-order valence-electron chi connectivity index (χ0n) is 13.8. The molecule has 2 N–H and O–H groups in total. The lowest BCUT2D eigenvalue weighted by Crippen LogP contribution is -2.56. The van der Waals surface area contributed by atoms with Gasteiger partial charge in [0.15, 0.2) is 0 Å². The van der Waals surface area contributed by atoms with Crippen LogP contribution in [0.4, 0.5) is 4.79 Å². The lowest BCUT2D eigenvalue weighted by Gasteiger charge is -2.44. The first kappa shape index (κ1) is 16.1. The van der Waals surface area contributed by atoms with Gasteiger partial charge in [0.25, 0.3) is 0 Å². The molecule has 22 heavy (non-hydrogen) atoms. The number of nitrogens with one attached hydrogen (secondary N) is 1. The Morgan fingerprint density at radius 3 is 2.73 bits per heavy atom. The fraction of sp³-hybridized carbons (Fsp3) is 0.941. The Morgan fingerprint density at radius 2 is 2.00 bits per heavy atom. The van der Waals surface area contributed by atoms with Crippen LogP contribution < -0.4 is 5.32 Å². The second-order valence-corrected chi connectivity index (χ2v) is 7.75. The van der Waals surface area contributed by atoms with E-state index < -0.39 is 5.60 Å². The molecule has 3 rings (SSSR count). The molecule has 2 atom stereocenters. The van der Waals surface area contributed by atoms with E-state index >= 15 is 0 Å². The van der Waals surface area contributed by atoms with Gasteiger partial charge in [0.2, 0.25) is 0 Å². The van der Waals surface area contributed by atoms with Crippen molar-refractivity contribution in [1.29, 1.82) is 0 Å². The van der Waals surface area contributed by atoms with Crippen molar-refractivity contribution in [3.05, 3.63) is 0 Å². The van der Waals surface area contributed by atoms with Gasteiger partial charge in [0.05, 0.1) is 17.7 Å². The van der Waals surface area contributed by atoms with Crippen LogP contribution in [-0.2, 0) is 4.74 Å². The third kappa shape index (κ3) is 3.74. The molecule has 2 heterocycles. The van der Waals surface area contributed by atoms with Gasteiger partial charge in [0.1, 0.15) is 0 Å². The number of nitrogens with zero attached hydrogens (tertiary/aromatic N) is 1. The van der Waals surface area contributed by atoms with E-state index in [-0.39, 0.29) is 17.7 Å². The van der Waals surface area contributed by atoms with Gasteiger partial charge in [-0.25, -0.2) is 4.79 Å². The van der Waals surface area contributed by atoms with E-state index in [1.54, 1.807) is 4.90 Å². The predicted octanol–water partition coefficient (Wildman–Crippen LogP) is 2.42. The summed E-state index contributed by atoms with van der Waals surface area (Å²) in [6, 6.07) is 0.198. The maximum atomic E-state index is 12.5. The molecule has 5 nitrogen and oxygen atoms in total. The molecule has 2 amide bonds. The van der Waals surface area contributed by atoms with Crippen molar-refractivity contribution in [2.75, 3.05) is 19.7 Å². The van der Waals surface area contributed by atoms with Crippen molar-refractivity contribution in [2.45, 2.75) is 82.0 Å². The number of amides is 2. The van der Waals surface area contributed by atoms with Crippen LogP contribution in [0.25, 0.3) is 0 Å². The van der Waals surface area contributed by atoms with Gasteiger partial charge < -0.3 is 20.1 Å². The topological polar surface area (TPSA) is 61.8 Å². The van der Waals surface area contributed by atoms with Crippen molar-refractivity contribution in [2.24, 2.45) is 0 Å². The number of urea groups is 1. The molecule has 1 aliphatic carbocycles. The molecule has 0 aromatic heterocycles. The van der Waals surface area contributed by atoms with Crippen molar-refractivity contribution < 1.29 is 14.6 Å². The molecule has 1 saturated carbocycles. The Labute approximate surface area is 133 Å². The molecule has 1 spiro atoms. The number of aliphatic hydroxyl groups is 1. The predicted molar refractivity (Wildman–Crippen MR) is 84.8 cm³/mol. The van der Waals surface area contributed by atoms with Gasteiger partial charge in [-0.2, -0.15) is 0 Å². The number of rotatable bonds is 1. The third-order valence-electron chi connectivity index (χ3n) is 5.55. The minimum absolute atomic E-state index is 0.0157. The van der Waals surface area contributed by atoms with Crippen LogP contribution in [0.3, 0.4) is 0 Å². The van der Waals surface area contributed by atoms with Gasteiger partial charge in [-0.1, -0.05) is 19.3 Å². The van der Waals surface area contributed by atoms with E-state index in [4.69, 9.17) is 4.74 Å². The molecular weight excluding hydrogens is 280 g/mol. The Balaban J connectivity index is 1.54. The molecule has 0 aromatic rings. The van der Waals surface area contributed by atoms with E-state index in [1.165, 1.54) is 19.3 Å². The monoisotopic (exact) mass is 310 g/mol. The summed E-state index contributed by atoms with van der Waals surface area (Å²) >= 11 is 0. The zero-order valence-corrected chi connectivity index (χ0v) is 13.8. The van der Waals surface area contributed by atoms with E-state index in [0.717, 1.165) is 51.7 Å². The maximum Gasteiger partial charge on any atom is 0.317 e. The van der Waals surface area contributed by atoms with Gasteiger partial charge >= 0.3 is 6.03 Å². The first-order valence-electron chi connectivity index (χ1n) is 8.90. The quantitative estimate of drug-likeness (QED) is 0.782. The van der Waals surface area contributed by atoms with Gasteiger partial charge in [-0.3, -0.25) is 0 Å². The average Bonchev–Trinajstić information content (AvgIpc) is 2.47. The van der Waals surface area contributed by atoms with Crippen molar-refractivity contribution >= 4 is 6.03 Å². The molecule has 2 saturated heterocycles. The van der Waals surface area contributed by atoms with E-state index in [0.29, 0.717) is 6.54 Å². The van der Waals surface area contributed by atoms with Crippen molar-refractivity contribution in [1.82, 2.24) is 10.2 Å². The molecule has 3 fully saturated rings. The van der Waals surface area contributed by atoms with E-state index in [1.807, 2.05) is 6.92 Å².